The SMILES string of the molecule is Cc1ccc(CN(CCc2ccccc2)C(=O)CN2C(=O)N[C@@]3(CCCc4ccccc43)C2=O)s1. The van der Waals surface area contributed by atoms with Crippen molar-refractivity contribution in [1.82, 2.24) is 15.1 Å². The summed E-state index contributed by atoms with van der Waals surface area (Å²) in [4.78, 5) is 45.3. The van der Waals surface area contributed by atoms with E-state index in [9.17, 15) is 14.4 Å². The van der Waals surface area contributed by atoms with E-state index in [4.69, 9.17) is 0 Å². The molecule has 6 nitrogen and oxygen atoms in total. The highest BCUT2D eigenvalue weighted by atomic mass is 32.1. The van der Waals surface area contributed by atoms with Gasteiger partial charge >= 0.3 is 6.03 Å². The summed E-state index contributed by atoms with van der Waals surface area (Å²) in [6.07, 6.45) is 2.94. The summed E-state index contributed by atoms with van der Waals surface area (Å²) >= 11 is 1.66. The average Bonchev–Trinajstić information content (AvgIpc) is 3.38. The van der Waals surface area contributed by atoms with Crippen LogP contribution in [0.3, 0.4) is 0 Å². The van der Waals surface area contributed by atoms with Gasteiger partial charge in [-0.2, -0.15) is 0 Å². The molecule has 0 saturated carbocycles. The Bertz CT molecular complexity index is 1260. The van der Waals surface area contributed by atoms with Gasteiger partial charge in [-0.15, -0.1) is 11.3 Å². The lowest BCUT2D eigenvalue weighted by Gasteiger charge is -2.33. The highest BCUT2D eigenvalue weighted by molar-refractivity contribution is 7.11. The summed E-state index contributed by atoms with van der Waals surface area (Å²) in [7, 11) is 0. The van der Waals surface area contributed by atoms with Gasteiger partial charge in [-0.05, 0) is 61.4 Å². The minimum Gasteiger partial charge on any atom is -0.336 e. The molecule has 1 aromatic heterocycles. The van der Waals surface area contributed by atoms with E-state index < -0.39 is 11.6 Å². The maximum absolute atomic E-state index is 13.6. The molecule has 2 aliphatic rings. The number of benzene rings is 2. The fourth-order valence-electron chi connectivity index (χ4n) is 5.15. The van der Waals surface area contributed by atoms with Crippen LogP contribution in [0.2, 0.25) is 0 Å². The fraction of sp³-hybridized carbons (Fsp3) is 0.321. The van der Waals surface area contributed by atoms with Gasteiger partial charge in [-0.25, -0.2) is 4.79 Å². The Balaban J connectivity index is 1.35. The molecule has 1 atom stereocenters. The predicted octanol–water partition coefficient (Wildman–Crippen LogP) is 4.41. The van der Waals surface area contributed by atoms with E-state index in [1.807, 2.05) is 73.7 Å². The van der Waals surface area contributed by atoms with E-state index in [0.29, 0.717) is 25.9 Å². The Morgan fingerprint density at radius 1 is 1.06 bits per heavy atom. The van der Waals surface area contributed by atoms with Gasteiger partial charge in [-0.3, -0.25) is 14.5 Å². The first-order valence-corrected chi connectivity index (χ1v) is 12.9. The van der Waals surface area contributed by atoms with Crippen molar-refractivity contribution < 1.29 is 14.4 Å². The van der Waals surface area contributed by atoms with Crippen LogP contribution in [0.15, 0.2) is 66.7 Å². The molecular formula is C28H29N3O3S. The number of thiophene rings is 1. The molecular weight excluding hydrogens is 458 g/mol. The van der Waals surface area contributed by atoms with E-state index in [1.54, 1.807) is 16.2 Å². The molecule has 0 bridgehead atoms. The Morgan fingerprint density at radius 2 is 1.83 bits per heavy atom. The molecule has 5 rings (SSSR count). The Morgan fingerprint density at radius 3 is 2.60 bits per heavy atom. The van der Waals surface area contributed by atoms with Gasteiger partial charge in [0.25, 0.3) is 5.91 Å². The number of fused-ring (bicyclic) bond motifs is 2. The Labute approximate surface area is 209 Å². The van der Waals surface area contributed by atoms with Crippen LogP contribution in [0.5, 0.6) is 0 Å². The normalized spacial score (nSPS) is 19.1. The second-order valence-electron chi connectivity index (χ2n) is 9.30. The van der Waals surface area contributed by atoms with Crippen molar-refractivity contribution in [3.8, 4) is 0 Å². The third-order valence-electron chi connectivity index (χ3n) is 6.95. The number of rotatable bonds is 7. The number of nitrogens with zero attached hydrogens (tertiary/aromatic N) is 2. The molecule has 7 heteroatoms. The Kier molecular flexibility index (Phi) is 6.43. The van der Waals surface area contributed by atoms with Crippen molar-refractivity contribution in [2.75, 3.05) is 13.1 Å². The Hall–Kier alpha value is -3.45. The van der Waals surface area contributed by atoms with Crippen LogP contribution in [0.4, 0.5) is 4.79 Å². The van der Waals surface area contributed by atoms with Gasteiger partial charge in [0, 0.05) is 16.3 Å². The van der Waals surface area contributed by atoms with Crippen LogP contribution in [0.25, 0.3) is 0 Å². The summed E-state index contributed by atoms with van der Waals surface area (Å²) in [6, 6.07) is 21.4. The maximum atomic E-state index is 13.6. The molecule has 4 amide bonds. The van der Waals surface area contributed by atoms with Gasteiger partial charge in [0.2, 0.25) is 5.91 Å². The molecule has 1 saturated heterocycles. The van der Waals surface area contributed by atoms with Gasteiger partial charge < -0.3 is 10.2 Å². The molecule has 180 valence electrons. The first-order chi connectivity index (χ1) is 17.0. The number of hydrogen-bond acceptors (Lipinski definition) is 4. The van der Waals surface area contributed by atoms with Gasteiger partial charge in [0.15, 0.2) is 0 Å². The number of nitrogens with one attached hydrogen (secondary N) is 1. The van der Waals surface area contributed by atoms with Crippen LogP contribution in [-0.2, 0) is 34.5 Å². The highest BCUT2D eigenvalue weighted by Crippen LogP contribution is 2.39. The van der Waals surface area contributed by atoms with E-state index in [0.717, 1.165) is 39.3 Å². The maximum Gasteiger partial charge on any atom is 0.325 e. The molecule has 3 aromatic rings. The molecule has 1 fully saturated rings. The van der Waals surface area contributed by atoms with Crippen LogP contribution in [-0.4, -0.2) is 40.7 Å². The number of aryl methyl sites for hydroxylation is 2. The quantitative estimate of drug-likeness (QED) is 0.502. The van der Waals surface area contributed by atoms with Crippen molar-refractivity contribution in [2.24, 2.45) is 0 Å². The first kappa shape index (κ1) is 23.3. The molecule has 1 aliphatic carbocycles. The molecule has 1 spiro atoms. The zero-order valence-corrected chi connectivity index (χ0v) is 20.6. The first-order valence-electron chi connectivity index (χ1n) is 12.1. The zero-order chi connectivity index (χ0) is 24.4. The standard InChI is InChI=1S/C28H29N3O3S/c1-20-13-14-23(35-20)18-30(17-15-21-8-3-2-4-9-21)25(32)19-31-26(33)28(29-27(31)34)16-7-11-22-10-5-6-12-24(22)28/h2-6,8-10,12-14H,7,11,15-19H2,1H3,(H,29,34)/t28-/m1/s1. The number of carbonyl (C=O) groups is 3. The monoisotopic (exact) mass is 487 g/mol. The second-order valence-corrected chi connectivity index (χ2v) is 10.7. The van der Waals surface area contributed by atoms with Crippen molar-refractivity contribution in [2.45, 2.75) is 44.7 Å². The molecule has 35 heavy (non-hydrogen) atoms. The fourth-order valence-corrected chi connectivity index (χ4v) is 6.06. The third kappa shape index (κ3) is 4.60. The minimum absolute atomic E-state index is 0.225. The number of carbonyl (C=O) groups excluding carboxylic acids is 3. The lowest BCUT2D eigenvalue weighted by atomic mass is 9.76. The average molecular weight is 488 g/mol. The summed E-state index contributed by atoms with van der Waals surface area (Å²) in [6.45, 7) is 2.76. The van der Waals surface area contributed by atoms with E-state index in [-0.39, 0.29) is 18.4 Å². The van der Waals surface area contributed by atoms with Crippen molar-refractivity contribution in [3.63, 3.8) is 0 Å². The largest absolute Gasteiger partial charge is 0.336 e. The summed E-state index contributed by atoms with van der Waals surface area (Å²) in [5.74, 6) is -0.547. The van der Waals surface area contributed by atoms with Gasteiger partial charge in [0.1, 0.15) is 12.1 Å². The smallest absolute Gasteiger partial charge is 0.325 e. The molecule has 2 heterocycles. The van der Waals surface area contributed by atoms with E-state index >= 15 is 0 Å². The summed E-state index contributed by atoms with van der Waals surface area (Å²) in [5.41, 5.74) is 2.01. The van der Waals surface area contributed by atoms with Crippen LogP contribution >= 0.6 is 11.3 Å². The topological polar surface area (TPSA) is 69.7 Å². The molecule has 0 radical (unpaired) electrons. The number of urea groups is 1. The molecule has 1 N–H and O–H groups in total. The lowest BCUT2D eigenvalue weighted by molar-refractivity contribution is -0.139. The minimum atomic E-state index is -1.06. The number of amides is 4. The van der Waals surface area contributed by atoms with E-state index in [2.05, 4.69) is 5.32 Å². The number of imide groups is 1. The van der Waals surface area contributed by atoms with E-state index in [1.165, 1.54) is 4.88 Å². The van der Waals surface area contributed by atoms with Crippen LogP contribution in [0.1, 0.15) is 39.3 Å². The van der Waals surface area contributed by atoms with Crippen LogP contribution in [0, 0.1) is 6.92 Å². The third-order valence-corrected chi connectivity index (χ3v) is 7.94. The second kappa shape index (κ2) is 9.66. The van der Waals surface area contributed by atoms with Crippen molar-refractivity contribution in [1.29, 1.82) is 0 Å². The summed E-state index contributed by atoms with van der Waals surface area (Å²) < 4.78 is 0. The van der Waals surface area contributed by atoms with Crippen LogP contribution < -0.4 is 5.32 Å². The van der Waals surface area contributed by atoms with Gasteiger partial charge in [-0.1, -0.05) is 54.6 Å². The zero-order valence-electron chi connectivity index (χ0n) is 19.8. The summed E-state index contributed by atoms with van der Waals surface area (Å²) in [5, 5.41) is 2.95. The predicted molar refractivity (Wildman–Crippen MR) is 136 cm³/mol. The van der Waals surface area contributed by atoms with Crippen molar-refractivity contribution >= 4 is 29.2 Å². The highest BCUT2D eigenvalue weighted by Gasteiger charge is 2.54. The molecule has 2 aromatic carbocycles. The van der Waals surface area contributed by atoms with Gasteiger partial charge in [0.05, 0.1) is 6.54 Å². The molecule has 0 unspecified atom stereocenters. The number of hydrogen-bond donors (Lipinski definition) is 1. The lowest BCUT2D eigenvalue weighted by Crippen LogP contribution is -2.47. The van der Waals surface area contributed by atoms with Crippen molar-refractivity contribution in [3.05, 3.63) is 93.2 Å². The molecule has 1 aliphatic heterocycles.